The van der Waals surface area contributed by atoms with Crippen molar-refractivity contribution in [3.05, 3.63) is 73.3 Å². The van der Waals surface area contributed by atoms with E-state index in [9.17, 15) is 0 Å². The molecule has 0 saturated heterocycles. The number of H-pyrrole nitrogens is 1. The lowest BCUT2D eigenvalue weighted by atomic mass is 10.1. The first kappa shape index (κ1) is 19.5. The van der Waals surface area contributed by atoms with Crippen LogP contribution < -0.4 is 0 Å². The van der Waals surface area contributed by atoms with Crippen molar-refractivity contribution in [2.24, 2.45) is 0 Å². The maximum absolute atomic E-state index is 4.91. The highest BCUT2D eigenvalue weighted by Gasteiger charge is 2.14. The highest BCUT2D eigenvalue weighted by molar-refractivity contribution is 7.99. The van der Waals surface area contributed by atoms with Gasteiger partial charge in [-0.2, -0.15) is 5.10 Å². The maximum atomic E-state index is 4.91. The van der Waals surface area contributed by atoms with E-state index in [0.29, 0.717) is 0 Å². The third-order valence-electron chi connectivity index (χ3n) is 4.78. The van der Waals surface area contributed by atoms with E-state index >= 15 is 0 Å². The Hall–Kier alpha value is -2.86. The summed E-state index contributed by atoms with van der Waals surface area (Å²) in [5.41, 5.74) is 4.42. The van der Waals surface area contributed by atoms with Gasteiger partial charge in [-0.25, -0.2) is 9.97 Å². The number of rotatable bonds is 10. The second kappa shape index (κ2) is 10.1. The number of imidazole rings is 1. The molecule has 0 atom stereocenters. The normalized spacial score (nSPS) is 11.0. The van der Waals surface area contributed by atoms with Crippen LogP contribution in [-0.2, 0) is 6.54 Å². The first-order chi connectivity index (χ1) is 14.4. The van der Waals surface area contributed by atoms with Gasteiger partial charge in [0, 0.05) is 23.4 Å². The SMILES string of the molecule is c1ccc(-c2nc(SCCCCCCn3cncn3)[nH]c2-c2ccccc2)cc1. The van der Waals surface area contributed by atoms with Gasteiger partial charge in [0.05, 0.1) is 11.4 Å². The predicted molar refractivity (Wildman–Crippen MR) is 119 cm³/mol. The molecule has 0 amide bonds. The van der Waals surface area contributed by atoms with Gasteiger partial charge in [-0.3, -0.25) is 4.68 Å². The quantitative estimate of drug-likeness (QED) is 0.273. The van der Waals surface area contributed by atoms with Gasteiger partial charge >= 0.3 is 0 Å². The molecule has 0 spiro atoms. The Morgan fingerprint density at radius 3 is 2.28 bits per heavy atom. The molecule has 29 heavy (non-hydrogen) atoms. The lowest BCUT2D eigenvalue weighted by Crippen LogP contribution is -1.98. The predicted octanol–water partition coefficient (Wildman–Crippen LogP) is 5.69. The molecule has 1 N–H and O–H groups in total. The van der Waals surface area contributed by atoms with Crippen LogP contribution in [0.3, 0.4) is 0 Å². The highest BCUT2D eigenvalue weighted by Crippen LogP contribution is 2.32. The van der Waals surface area contributed by atoms with Crippen LogP contribution in [0, 0.1) is 0 Å². The number of thioether (sulfide) groups is 1. The average molecular weight is 404 g/mol. The first-order valence-electron chi connectivity index (χ1n) is 10.1. The van der Waals surface area contributed by atoms with Gasteiger partial charge in [0.25, 0.3) is 0 Å². The molecule has 4 rings (SSSR count). The zero-order valence-corrected chi connectivity index (χ0v) is 17.2. The van der Waals surface area contributed by atoms with Crippen molar-refractivity contribution in [1.29, 1.82) is 0 Å². The van der Waals surface area contributed by atoms with Gasteiger partial charge in [0.15, 0.2) is 5.16 Å². The molecule has 0 unspecified atom stereocenters. The lowest BCUT2D eigenvalue weighted by Gasteiger charge is -2.02. The fourth-order valence-corrected chi connectivity index (χ4v) is 4.16. The number of benzene rings is 2. The molecule has 0 radical (unpaired) electrons. The Kier molecular flexibility index (Phi) is 6.76. The summed E-state index contributed by atoms with van der Waals surface area (Å²) in [6, 6.07) is 20.8. The Labute approximate surface area is 175 Å². The van der Waals surface area contributed by atoms with Crippen molar-refractivity contribution in [1.82, 2.24) is 24.7 Å². The summed E-state index contributed by atoms with van der Waals surface area (Å²) in [6.45, 7) is 0.951. The van der Waals surface area contributed by atoms with Gasteiger partial charge in [0.1, 0.15) is 12.7 Å². The Bertz CT molecular complexity index is 924. The molecule has 0 aliphatic rings. The number of hydrogen-bond acceptors (Lipinski definition) is 4. The molecule has 4 aromatic rings. The van der Waals surface area contributed by atoms with Crippen molar-refractivity contribution in [3.8, 4) is 22.5 Å². The molecule has 0 aliphatic heterocycles. The zero-order chi connectivity index (χ0) is 19.7. The van der Waals surface area contributed by atoms with Gasteiger partial charge in [0.2, 0.25) is 0 Å². The minimum Gasteiger partial charge on any atom is -0.332 e. The van der Waals surface area contributed by atoms with Crippen molar-refractivity contribution in [2.45, 2.75) is 37.4 Å². The average Bonchev–Trinajstić information content (AvgIpc) is 3.44. The lowest BCUT2D eigenvalue weighted by molar-refractivity contribution is 0.541. The number of nitrogens with zero attached hydrogens (tertiary/aromatic N) is 4. The van der Waals surface area contributed by atoms with Crippen LogP contribution in [0.25, 0.3) is 22.5 Å². The Morgan fingerprint density at radius 1 is 0.828 bits per heavy atom. The summed E-state index contributed by atoms with van der Waals surface area (Å²) in [5, 5.41) is 5.13. The Balaban J connectivity index is 1.34. The fraction of sp³-hybridized carbons (Fsp3) is 0.261. The van der Waals surface area contributed by atoms with Gasteiger partial charge in [-0.15, -0.1) is 0 Å². The molecule has 0 bridgehead atoms. The smallest absolute Gasteiger partial charge is 0.166 e. The van der Waals surface area contributed by atoms with Gasteiger partial charge in [-0.05, 0) is 12.8 Å². The third-order valence-corrected chi connectivity index (χ3v) is 5.74. The molecule has 0 saturated carbocycles. The van der Waals surface area contributed by atoms with Crippen molar-refractivity contribution in [2.75, 3.05) is 5.75 Å². The third kappa shape index (κ3) is 5.35. The van der Waals surface area contributed by atoms with Crippen molar-refractivity contribution in [3.63, 3.8) is 0 Å². The minimum atomic E-state index is 0.951. The van der Waals surface area contributed by atoms with E-state index in [0.717, 1.165) is 40.8 Å². The molecule has 148 valence electrons. The van der Waals surface area contributed by atoms with E-state index in [-0.39, 0.29) is 0 Å². The van der Waals surface area contributed by atoms with Crippen LogP contribution in [0.2, 0.25) is 0 Å². The number of nitrogens with one attached hydrogen (secondary N) is 1. The van der Waals surface area contributed by atoms with Crippen molar-refractivity contribution >= 4 is 11.8 Å². The molecule has 2 aromatic carbocycles. The highest BCUT2D eigenvalue weighted by atomic mass is 32.2. The number of aromatic amines is 1. The van der Waals surface area contributed by atoms with E-state index < -0.39 is 0 Å². The van der Waals surface area contributed by atoms with E-state index in [1.807, 2.05) is 16.8 Å². The number of aryl methyl sites for hydroxylation is 1. The summed E-state index contributed by atoms with van der Waals surface area (Å²) in [6.07, 6.45) is 8.13. The molecule has 0 aliphatic carbocycles. The molecule has 2 heterocycles. The largest absolute Gasteiger partial charge is 0.332 e. The number of aromatic nitrogens is 5. The van der Waals surface area contributed by atoms with Crippen LogP contribution >= 0.6 is 11.8 Å². The fourth-order valence-electron chi connectivity index (χ4n) is 3.28. The minimum absolute atomic E-state index is 0.951. The zero-order valence-electron chi connectivity index (χ0n) is 16.4. The standard InChI is InChI=1S/C23H25N5S/c1(9-15-28-18-24-17-25-28)2-10-16-29-23-26-21(19-11-5-3-6-12-19)22(27-23)20-13-7-4-8-14-20/h3-8,11-14,17-18H,1-2,9-10,15-16H2,(H,26,27). The van der Waals surface area contributed by atoms with E-state index in [1.165, 1.54) is 24.8 Å². The first-order valence-corrected chi connectivity index (χ1v) is 11.0. The summed E-state index contributed by atoms with van der Waals surface area (Å²) in [5.74, 6) is 1.07. The molecule has 5 nitrogen and oxygen atoms in total. The number of hydrogen-bond donors (Lipinski definition) is 1. The topological polar surface area (TPSA) is 59.4 Å². The molecule has 0 fully saturated rings. The second-order valence-electron chi connectivity index (χ2n) is 6.92. The van der Waals surface area contributed by atoms with Crippen LogP contribution in [0.1, 0.15) is 25.7 Å². The summed E-state index contributed by atoms with van der Waals surface area (Å²) in [7, 11) is 0. The van der Waals surface area contributed by atoms with Gasteiger partial charge in [-0.1, -0.05) is 85.3 Å². The Morgan fingerprint density at radius 2 is 1.55 bits per heavy atom. The summed E-state index contributed by atoms with van der Waals surface area (Å²) >= 11 is 1.81. The second-order valence-corrected chi connectivity index (χ2v) is 8.00. The van der Waals surface area contributed by atoms with Crippen LogP contribution in [0.4, 0.5) is 0 Å². The monoisotopic (exact) mass is 403 g/mol. The van der Waals surface area contributed by atoms with Crippen LogP contribution in [-0.4, -0.2) is 30.5 Å². The molecule has 2 aromatic heterocycles. The van der Waals surface area contributed by atoms with Crippen molar-refractivity contribution < 1.29 is 0 Å². The van der Waals surface area contributed by atoms with Crippen LogP contribution in [0.15, 0.2) is 78.5 Å². The van der Waals surface area contributed by atoms with E-state index in [1.54, 1.807) is 24.4 Å². The van der Waals surface area contributed by atoms with Crippen LogP contribution in [0.5, 0.6) is 0 Å². The maximum Gasteiger partial charge on any atom is 0.166 e. The summed E-state index contributed by atoms with van der Waals surface area (Å²) in [4.78, 5) is 12.4. The van der Waals surface area contributed by atoms with E-state index in [2.05, 4.69) is 63.6 Å². The molecular weight excluding hydrogens is 378 g/mol. The molecule has 6 heteroatoms. The van der Waals surface area contributed by atoms with E-state index in [4.69, 9.17) is 4.98 Å². The summed E-state index contributed by atoms with van der Waals surface area (Å²) < 4.78 is 1.90. The number of unbranched alkanes of at least 4 members (excludes halogenated alkanes) is 3. The molecular formula is C23H25N5S. The van der Waals surface area contributed by atoms with Gasteiger partial charge < -0.3 is 4.98 Å².